The molecule has 0 saturated carbocycles. The van der Waals surface area contributed by atoms with Gasteiger partial charge in [-0.15, -0.1) is 10.2 Å². The monoisotopic (exact) mass is 586 g/mol. The van der Waals surface area contributed by atoms with E-state index in [1.165, 1.54) is 0 Å². The molecule has 0 aliphatic carbocycles. The van der Waals surface area contributed by atoms with E-state index in [2.05, 4.69) is 25.9 Å². The van der Waals surface area contributed by atoms with Crippen LogP contribution in [0.1, 0.15) is 41.0 Å². The molecular formula is C31H38N8O2S. The van der Waals surface area contributed by atoms with Gasteiger partial charge in [0.05, 0.1) is 13.0 Å². The van der Waals surface area contributed by atoms with Crippen molar-refractivity contribution in [3.63, 3.8) is 0 Å². The highest BCUT2D eigenvalue weighted by Crippen LogP contribution is 2.17. The Morgan fingerprint density at radius 1 is 0.976 bits per heavy atom. The molecule has 0 aliphatic rings. The number of carbonyl (C=O) groups is 2. The van der Waals surface area contributed by atoms with Crippen molar-refractivity contribution in [3.8, 4) is 0 Å². The zero-order valence-electron chi connectivity index (χ0n) is 23.8. The van der Waals surface area contributed by atoms with Crippen molar-refractivity contribution in [2.24, 2.45) is 11.5 Å². The number of carbonyl (C=O) groups excluding carboxylic acids is 2. The molecule has 2 heterocycles. The van der Waals surface area contributed by atoms with Crippen molar-refractivity contribution in [1.82, 2.24) is 25.3 Å². The number of aryl methyl sites for hydroxylation is 1. The van der Waals surface area contributed by atoms with Gasteiger partial charge in [-0.3, -0.25) is 9.48 Å². The predicted octanol–water partition coefficient (Wildman–Crippen LogP) is 3.97. The van der Waals surface area contributed by atoms with Crippen molar-refractivity contribution < 1.29 is 9.59 Å². The number of nitrogens with two attached hydrogens (primary N) is 2. The standard InChI is InChI=1S/C19H26N6OS.C12H12N2O/c1-22-19-25-24-18(27-19)10-6-5-9-15(20)11-12-16(21)23-17(26)13-14-7-3-2-4-8-14;15-8-5-11-3-1-4-12(9-11)10-14-7-2-6-13-14/h2-4,7-8,11-12H,5-6,9-10,13,20-21H2,1H3,(H,22,25)(H,23,26);1-4,6-9H,5,10H2/b15-11-,16-12+;. The lowest BCUT2D eigenvalue weighted by molar-refractivity contribution is -0.119. The van der Waals surface area contributed by atoms with Crippen LogP contribution in [0.25, 0.3) is 0 Å². The van der Waals surface area contributed by atoms with E-state index >= 15 is 0 Å². The second-order valence-electron chi connectivity index (χ2n) is 9.43. The summed E-state index contributed by atoms with van der Waals surface area (Å²) in [6.45, 7) is 0.750. The highest BCUT2D eigenvalue weighted by atomic mass is 32.1. The summed E-state index contributed by atoms with van der Waals surface area (Å²) in [5.41, 5.74) is 15.7. The number of nitrogens with one attached hydrogen (secondary N) is 2. The van der Waals surface area contributed by atoms with Gasteiger partial charge in [0.2, 0.25) is 11.0 Å². The Labute approximate surface area is 250 Å². The maximum Gasteiger partial charge on any atom is 0.229 e. The normalized spacial score (nSPS) is 11.4. The van der Waals surface area contributed by atoms with Crippen LogP contribution in [0.5, 0.6) is 0 Å². The van der Waals surface area contributed by atoms with Gasteiger partial charge in [0, 0.05) is 38.0 Å². The molecule has 0 spiro atoms. The largest absolute Gasteiger partial charge is 0.402 e. The summed E-state index contributed by atoms with van der Waals surface area (Å²) in [6.07, 6.45) is 12.3. The van der Waals surface area contributed by atoms with Gasteiger partial charge in [0.15, 0.2) is 0 Å². The van der Waals surface area contributed by atoms with Gasteiger partial charge in [-0.25, -0.2) is 0 Å². The van der Waals surface area contributed by atoms with Crippen molar-refractivity contribution in [2.45, 2.75) is 45.1 Å². The minimum absolute atomic E-state index is 0.153. The molecule has 0 saturated heterocycles. The number of hydrogen-bond acceptors (Lipinski definition) is 9. The summed E-state index contributed by atoms with van der Waals surface area (Å²) < 4.78 is 1.86. The number of rotatable bonds is 14. The van der Waals surface area contributed by atoms with E-state index in [0.29, 0.717) is 6.42 Å². The smallest absolute Gasteiger partial charge is 0.229 e. The summed E-state index contributed by atoms with van der Waals surface area (Å²) in [6, 6.07) is 19.4. The number of aldehydes is 1. The summed E-state index contributed by atoms with van der Waals surface area (Å²) in [7, 11) is 1.83. The first-order valence-electron chi connectivity index (χ1n) is 13.7. The highest BCUT2D eigenvalue weighted by molar-refractivity contribution is 7.15. The second kappa shape index (κ2) is 17.8. The number of benzene rings is 2. The van der Waals surface area contributed by atoms with Crippen LogP contribution < -0.4 is 22.1 Å². The van der Waals surface area contributed by atoms with E-state index in [4.69, 9.17) is 11.5 Å². The Bertz CT molecular complexity index is 1430. The molecule has 4 aromatic rings. The van der Waals surface area contributed by atoms with E-state index in [1.54, 1.807) is 29.7 Å². The van der Waals surface area contributed by atoms with Gasteiger partial charge in [-0.05, 0) is 54.2 Å². The minimum atomic E-state index is -0.153. The lowest BCUT2D eigenvalue weighted by Crippen LogP contribution is -2.28. The molecular weight excluding hydrogens is 548 g/mol. The molecule has 2 aromatic carbocycles. The maximum atomic E-state index is 11.9. The highest BCUT2D eigenvalue weighted by Gasteiger charge is 2.04. The minimum Gasteiger partial charge on any atom is -0.402 e. The van der Waals surface area contributed by atoms with E-state index < -0.39 is 0 Å². The Hall–Kier alpha value is -4.77. The van der Waals surface area contributed by atoms with E-state index in [9.17, 15) is 9.59 Å². The number of nitrogens with zero attached hydrogens (tertiary/aromatic N) is 4. The second-order valence-corrected chi connectivity index (χ2v) is 10.5. The fourth-order valence-electron chi connectivity index (χ4n) is 3.90. The molecule has 6 N–H and O–H groups in total. The first-order valence-corrected chi connectivity index (χ1v) is 14.5. The van der Waals surface area contributed by atoms with Crippen LogP contribution in [-0.2, 0) is 35.4 Å². The number of aromatic nitrogens is 4. The Morgan fingerprint density at radius 2 is 1.76 bits per heavy atom. The van der Waals surface area contributed by atoms with Gasteiger partial charge < -0.3 is 26.9 Å². The molecule has 10 nitrogen and oxygen atoms in total. The Kier molecular flexibility index (Phi) is 13.5. The average Bonchev–Trinajstić information content (AvgIpc) is 3.68. The number of unbranched alkanes of at least 4 members (excludes halogenated alkanes) is 1. The Balaban J connectivity index is 0.000000271. The molecule has 4 rings (SSSR count). The molecule has 0 unspecified atom stereocenters. The van der Waals surface area contributed by atoms with Crippen LogP contribution in [-0.4, -0.2) is 39.2 Å². The van der Waals surface area contributed by atoms with E-state index in [1.807, 2.05) is 78.6 Å². The van der Waals surface area contributed by atoms with Gasteiger partial charge in [-0.2, -0.15) is 5.10 Å². The third kappa shape index (κ3) is 12.2. The zero-order chi connectivity index (χ0) is 30.0. The SMILES string of the molecule is CNc1nnc(CCCC/C(N)=C/C=C(\N)NC(=O)Cc2ccccc2)s1.O=CCc1cccc(Cn2cccn2)c1. The first kappa shape index (κ1) is 31.8. The van der Waals surface area contributed by atoms with Gasteiger partial charge in [0.1, 0.15) is 17.1 Å². The summed E-state index contributed by atoms with van der Waals surface area (Å²) in [5.74, 6) is 0.132. The quantitative estimate of drug-likeness (QED) is 0.0983. The zero-order valence-corrected chi connectivity index (χ0v) is 24.6. The van der Waals surface area contributed by atoms with Gasteiger partial charge >= 0.3 is 0 Å². The van der Waals surface area contributed by atoms with E-state index in [-0.39, 0.29) is 18.1 Å². The number of allylic oxidation sites excluding steroid dienone is 3. The van der Waals surface area contributed by atoms with Crippen LogP contribution >= 0.6 is 11.3 Å². The molecule has 1 amide bonds. The van der Waals surface area contributed by atoms with Crippen LogP contribution in [0.2, 0.25) is 0 Å². The van der Waals surface area contributed by atoms with Crippen LogP contribution in [0, 0.1) is 0 Å². The molecule has 2 aromatic heterocycles. The van der Waals surface area contributed by atoms with Crippen LogP contribution in [0.3, 0.4) is 0 Å². The molecule has 0 bridgehead atoms. The molecule has 220 valence electrons. The van der Waals surface area contributed by atoms with Gasteiger partial charge in [0.25, 0.3) is 0 Å². The number of amides is 1. The van der Waals surface area contributed by atoms with Crippen molar-refractivity contribution in [2.75, 3.05) is 12.4 Å². The molecule has 0 radical (unpaired) electrons. The number of anilines is 1. The van der Waals surface area contributed by atoms with Crippen LogP contribution in [0.15, 0.2) is 96.7 Å². The maximum absolute atomic E-state index is 11.9. The van der Waals surface area contributed by atoms with Crippen molar-refractivity contribution in [1.29, 1.82) is 0 Å². The summed E-state index contributed by atoms with van der Waals surface area (Å²) in [4.78, 5) is 22.3. The molecule has 0 atom stereocenters. The first-order chi connectivity index (χ1) is 20.4. The third-order valence-corrected chi connectivity index (χ3v) is 6.97. The lowest BCUT2D eigenvalue weighted by Gasteiger charge is -2.05. The predicted molar refractivity (Wildman–Crippen MR) is 167 cm³/mol. The fraction of sp³-hybridized carbons (Fsp3) is 0.258. The van der Waals surface area contributed by atoms with Crippen molar-refractivity contribution >= 4 is 28.7 Å². The fourth-order valence-corrected chi connectivity index (χ4v) is 4.64. The molecule has 0 fully saturated rings. The van der Waals surface area contributed by atoms with E-state index in [0.717, 1.165) is 71.0 Å². The molecule has 11 heteroatoms. The van der Waals surface area contributed by atoms with Crippen LogP contribution in [0.4, 0.5) is 5.13 Å². The lowest BCUT2D eigenvalue weighted by atomic mass is 10.1. The topological polar surface area (TPSA) is 154 Å². The third-order valence-electron chi connectivity index (χ3n) is 5.97. The van der Waals surface area contributed by atoms with Crippen molar-refractivity contribution in [3.05, 3.63) is 118 Å². The van der Waals surface area contributed by atoms with Gasteiger partial charge in [-0.1, -0.05) is 65.9 Å². The Morgan fingerprint density at radius 3 is 2.48 bits per heavy atom. The molecule has 0 aliphatic heterocycles. The average molecular weight is 587 g/mol. The molecule has 42 heavy (non-hydrogen) atoms. The summed E-state index contributed by atoms with van der Waals surface area (Å²) >= 11 is 1.57. The summed E-state index contributed by atoms with van der Waals surface area (Å²) in [5, 5.41) is 19.8. The number of hydrogen-bond donors (Lipinski definition) is 4.